The molecule has 2 rings (SSSR count). The Morgan fingerprint density at radius 3 is 2.82 bits per heavy atom. The van der Waals surface area contributed by atoms with Crippen LogP contribution in [0.1, 0.15) is 45.4 Å². The summed E-state index contributed by atoms with van der Waals surface area (Å²) in [5.74, 6) is 0. The third-order valence-electron chi connectivity index (χ3n) is 4.15. The van der Waals surface area contributed by atoms with Gasteiger partial charge in [-0.1, -0.05) is 26.2 Å². The monoisotopic (exact) mass is 240 g/mol. The molecule has 0 bridgehead atoms. The van der Waals surface area contributed by atoms with Gasteiger partial charge in [0, 0.05) is 32.2 Å². The fourth-order valence-corrected chi connectivity index (χ4v) is 2.95. The van der Waals surface area contributed by atoms with Gasteiger partial charge in [0.15, 0.2) is 0 Å². The van der Waals surface area contributed by atoms with Crippen LogP contribution in [0.5, 0.6) is 0 Å². The average molecular weight is 240 g/mol. The molecule has 0 aromatic carbocycles. The van der Waals surface area contributed by atoms with Gasteiger partial charge in [-0.15, -0.1) is 0 Å². The van der Waals surface area contributed by atoms with Gasteiger partial charge in [0.1, 0.15) is 0 Å². The molecule has 1 unspecified atom stereocenters. The molecule has 1 saturated heterocycles. The molecule has 1 saturated carbocycles. The lowest BCUT2D eigenvalue weighted by atomic mass is 9.98. The smallest absolute Gasteiger partial charge is 0.0597 e. The summed E-state index contributed by atoms with van der Waals surface area (Å²) in [5.41, 5.74) is 0. The molecule has 0 spiro atoms. The zero-order valence-corrected chi connectivity index (χ0v) is 11.3. The van der Waals surface area contributed by atoms with Crippen LogP contribution in [0.3, 0.4) is 0 Å². The molecule has 0 amide bonds. The summed E-state index contributed by atoms with van der Waals surface area (Å²) >= 11 is 0. The van der Waals surface area contributed by atoms with Crippen LogP contribution in [-0.4, -0.2) is 49.8 Å². The summed E-state index contributed by atoms with van der Waals surface area (Å²) in [4.78, 5) is 2.55. The van der Waals surface area contributed by atoms with Crippen molar-refractivity contribution in [3.8, 4) is 0 Å². The second kappa shape index (κ2) is 7.34. The fraction of sp³-hybridized carbons (Fsp3) is 1.00. The molecular formula is C14H28N2O. The van der Waals surface area contributed by atoms with Crippen LogP contribution in [0, 0.1) is 0 Å². The van der Waals surface area contributed by atoms with Crippen molar-refractivity contribution < 1.29 is 4.74 Å². The highest BCUT2D eigenvalue weighted by Gasteiger charge is 2.18. The van der Waals surface area contributed by atoms with Crippen LogP contribution in [-0.2, 0) is 4.74 Å². The van der Waals surface area contributed by atoms with Gasteiger partial charge in [0.25, 0.3) is 0 Å². The van der Waals surface area contributed by atoms with Gasteiger partial charge in [-0.05, 0) is 19.3 Å². The van der Waals surface area contributed by atoms with Crippen LogP contribution < -0.4 is 5.32 Å². The lowest BCUT2D eigenvalue weighted by Gasteiger charge is -2.33. The minimum absolute atomic E-state index is 0.564. The second-order valence-electron chi connectivity index (χ2n) is 5.49. The first-order valence-electron chi connectivity index (χ1n) is 7.46. The fourth-order valence-electron chi connectivity index (χ4n) is 2.95. The lowest BCUT2D eigenvalue weighted by molar-refractivity contribution is 0.0127. The lowest BCUT2D eigenvalue weighted by Crippen LogP contribution is -2.51. The SMILES string of the molecule is CCC1CN(CCOC2CCCCC2)CCN1. The minimum Gasteiger partial charge on any atom is -0.377 e. The Morgan fingerprint density at radius 1 is 1.24 bits per heavy atom. The quantitative estimate of drug-likeness (QED) is 0.795. The molecule has 1 aliphatic carbocycles. The molecular weight excluding hydrogens is 212 g/mol. The highest BCUT2D eigenvalue weighted by molar-refractivity contribution is 4.77. The van der Waals surface area contributed by atoms with Crippen LogP contribution in [0.4, 0.5) is 0 Å². The summed E-state index contributed by atoms with van der Waals surface area (Å²) in [6.45, 7) is 7.84. The molecule has 1 aliphatic heterocycles. The van der Waals surface area contributed by atoms with E-state index in [-0.39, 0.29) is 0 Å². The number of rotatable bonds is 5. The molecule has 0 aromatic rings. The molecule has 3 nitrogen and oxygen atoms in total. The van der Waals surface area contributed by atoms with Crippen molar-refractivity contribution in [1.82, 2.24) is 10.2 Å². The highest BCUT2D eigenvalue weighted by atomic mass is 16.5. The van der Waals surface area contributed by atoms with Crippen LogP contribution in [0.2, 0.25) is 0 Å². The third kappa shape index (κ3) is 4.57. The van der Waals surface area contributed by atoms with Gasteiger partial charge in [-0.25, -0.2) is 0 Å². The highest BCUT2D eigenvalue weighted by Crippen LogP contribution is 2.20. The number of nitrogens with one attached hydrogen (secondary N) is 1. The predicted molar refractivity (Wildman–Crippen MR) is 71.3 cm³/mol. The van der Waals surface area contributed by atoms with Gasteiger partial charge in [-0.3, -0.25) is 4.90 Å². The van der Waals surface area contributed by atoms with Gasteiger partial charge in [0.05, 0.1) is 12.7 Å². The van der Waals surface area contributed by atoms with E-state index in [1.54, 1.807) is 0 Å². The number of hydrogen-bond acceptors (Lipinski definition) is 3. The molecule has 1 heterocycles. The van der Waals surface area contributed by atoms with E-state index >= 15 is 0 Å². The standard InChI is InChI=1S/C14H28N2O/c1-2-13-12-16(9-8-15-13)10-11-17-14-6-4-3-5-7-14/h13-15H,2-12H2,1H3. The normalized spacial score (nSPS) is 28.4. The van der Waals surface area contributed by atoms with E-state index in [4.69, 9.17) is 4.74 Å². The Labute approximate surface area is 106 Å². The summed E-state index contributed by atoms with van der Waals surface area (Å²) < 4.78 is 5.99. The van der Waals surface area contributed by atoms with Crippen molar-refractivity contribution in [3.05, 3.63) is 0 Å². The second-order valence-corrected chi connectivity index (χ2v) is 5.49. The molecule has 1 atom stereocenters. The zero-order chi connectivity index (χ0) is 11.9. The molecule has 0 aromatic heterocycles. The summed E-state index contributed by atoms with van der Waals surface area (Å²) in [6, 6.07) is 0.693. The summed E-state index contributed by atoms with van der Waals surface area (Å²) in [7, 11) is 0. The molecule has 100 valence electrons. The van der Waals surface area contributed by atoms with E-state index in [1.165, 1.54) is 51.6 Å². The number of piperazine rings is 1. The minimum atomic E-state index is 0.564. The van der Waals surface area contributed by atoms with Crippen molar-refractivity contribution in [1.29, 1.82) is 0 Å². The molecule has 1 N–H and O–H groups in total. The Balaban J connectivity index is 1.57. The first kappa shape index (κ1) is 13.3. The Kier molecular flexibility index (Phi) is 5.75. The van der Waals surface area contributed by atoms with Crippen LogP contribution in [0.25, 0.3) is 0 Å². The third-order valence-corrected chi connectivity index (χ3v) is 4.15. The maximum atomic E-state index is 5.99. The van der Waals surface area contributed by atoms with Crippen molar-refractivity contribution in [3.63, 3.8) is 0 Å². The summed E-state index contributed by atoms with van der Waals surface area (Å²) in [5, 5.41) is 3.56. The van der Waals surface area contributed by atoms with Crippen molar-refractivity contribution in [2.75, 3.05) is 32.8 Å². The van der Waals surface area contributed by atoms with E-state index in [2.05, 4.69) is 17.1 Å². The first-order chi connectivity index (χ1) is 8.38. The van der Waals surface area contributed by atoms with E-state index in [9.17, 15) is 0 Å². The Morgan fingerprint density at radius 2 is 2.06 bits per heavy atom. The number of nitrogens with zero attached hydrogens (tertiary/aromatic N) is 1. The maximum Gasteiger partial charge on any atom is 0.0597 e. The Bertz CT molecular complexity index is 204. The van der Waals surface area contributed by atoms with E-state index < -0.39 is 0 Å². The molecule has 0 radical (unpaired) electrons. The maximum absolute atomic E-state index is 5.99. The predicted octanol–water partition coefficient (Wildman–Crippen LogP) is 2.02. The van der Waals surface area contributed by atoms with E-state index in [0.29, 0.717) is 12.1 Å². The number of hydrogen-bond donors (Lipinski definition) is 1. The Hall–Kier alpha value is -0.120. The largest absolute Gasteiger partial charge is 0.377 e. The molecule has 3 heteroatoms. The van der Waals surface area contributed by atoms with Gasteiger partial charge >= 0.3 is 0 Å². The first-order valence-corrected chi connectivity index (χ1v) is 7.46. The van der Waals surface area contributed by atoms with Gasteiger partial charge in [-0.2, -0.15) is 0 Å². The van der Waals surface area contributed by atoms with Gasteiger partial charge in [0.2, 0.25) is 0 Å². The van der Waals surface area contributed by atoms with Gasteiger partial charge < -0.3 is 10.1 Å². The van der Waals surface area contributed by atoms with Crippen LogP contribution >= 0.6 is 0 Å². The zero-order valence-electron chi connectivity index (χ0n) is 11.3. The molecule has 17 heavy (non-hydrogen) atoms. The van der Waals surface area contributed by atoms with Crippen molar-refractivity contribution in [2.45, 2.75) is 57.6 Å². The van der Waals surface area contributed by atoms with E-state index in [0.717, 1.165) is 19.7 Å². The average Bonchev–Trinajstić information content (AvgIpc) is 2.40. The van der Waals surface area contributed by atoms with Crippen molar-refractivity contribution in [2.24, 2.45) is 0 Å². The number of ether oxygens (including phenoxy) is 1. The molecule has 2 aliphatic rings. The topological polar surface area (TPSA) is 24.5 Å². The van der Waals surface area contributed by atoms with Crippen LogP contribution in [0.15, 0.2) is 0 Å². The molecule has 2 fully saturated rings. The summed E-state index contributed by atoms with van der Waals surface area (Å²) in [6.07, 6.45) is 8.54. The van der Waals surface area contributed by atoms with Crippen molar-refractivity contribution >= 4 is 0 Å². The van der Waals surface area contributed by atoms with E-state index in [1.807, 2.05) is 0 Å².